The van der Waals surface area contributed by atoms with Crippen LogP contribution in [0.5, 0.6) is 0 Å². The maximum Gasteiger partial charge on any atom is 0.239 e. The Hall–Kier alpha value is -0.320. The molecule has 3 N–H and O–H groups in total. The van der Waals surface area contributed by atoms with E-state index in [1.54, 1.807) is 7.11 Å². The molecule has 1 amide bonds. The van der Waals surface area contributed by atoms with E-state index >= 15 is 0 Å². The predicted molar refractivity (Wildman–Crippen MR) is 85.2 cm³/mol. The molecule has 0 aromatic heterocycles. The molecule has 0 heterocycles. The van der Waals surface area contributed by atoms with Crippen LogP contribution in [0, 0.1) is 5.41 Å². The number of carbonyl (C=O) groups excluding carboxylic acids is 1. The Morgan fingerprint density at radius 2 is 2.00 bits per heavy atom. The molecule has 0 bridgehead atoms. The fourth-order valence-corrected chi connectivity index (χ4v) is 3.06. The van der Waals surface area contributed by atoms with Crippen LogP contribution in [0.15, 0.2) is 0 Å². The zero-order valence-electron chi connectivity index (χ0n) is 13.2. The van der Waals surface area contributed by atoms with Gasteiger partial charge in [0.25, 0.3) is 0 Å². The number of carbonyl (C=O) groups is 1. The van der Waals surface area contributed by atoms with E-state index in [1.165, 1.54) is 25.7 Å². The Morgan fingerprint density at radius 1 is 1.40 bits per heavy atom. The first-order chi connectivity index (χ1) is 8.96. The van der Waals surface area contributed by atoms with Gasteiger partial charge in [-0.25, -0.2) is 0 Å². The van der Waals surface area contributed by atoms with Crippen LogP contribution < -0.4 is 11.1 Å². The van der Waals surface area contributed by atoms with Crippen molar-refractivity contribution in [3.05, 3.63) is 0 Å². The first-order valence-corrected chi connectivity index (χ1v) is 7.52. The van der Waals surface area contributed by atoms with Crippen molar-refractivity contribution in [2.75, 3.05) is 20.3 Å². The average molecular weight is 307 g/mol. The number of ether oxygens (including phenoxy) is 1. The van der Waals surface area contributed by atoms with Crippen LogP contribution in [-0.4, -0.2) is 31.7 Å². The van der Waals surface area contributed by atoms with Crippen molar-refractivity contribution in [3.63, 3.8) is 0 Å². The quantitative estimate of drug-likeness (QED) is 0.724. The van der Waals surface area contributed by atoms with Crippen LogP contribution >= 0.6 is 12.4 Å². The van der Waals surface area contributed by atoms with Gasteiger partial charge in [-0.05, 0) is 38.0 Å². The van der Waals surface area contributed by atoms with Crippen LogP contribution in [0.4, 0.5) is 0 Å². The number of rotatable bonds is 8. The van der Waals surface area contributed by atoms with Crippen molar-refractivity contribution in [3.8, 4) is 0 Å². The highest BCUT2D eigenvalue weighted by atomic mass is 35.5. The molecule has 1 unspecified atom stereocenters. The molecule has 0 aromatic carbocycles. The summed E-state index contributed by atoms with van der Waals surface area (Å²) in [6.45, 7) is 5.38. The normalized spacial score (nSPS) is 20.0. The molecule has 120 valence electrons. The zero-order valence-corrected chi connectivity index (χ0v) is 14.0. The summed E-state index contributed by atoms with van der Waals surface area (Å²) >= 11 is 0. The largest absolute Gasteiger partial charge is 0.385 e. The maximum absolute atomic E-state index is 12.2. The Morgan fingerprint density at radius 3 is 2.50 bits per heavy atom. The minimum Gasteiger partial charge on any atom is -0.385 e. The van der Waals surface area contributed by atoms with Gasteiger partial charge in [-0.15, -0.1) is 12.4 Å². The standard InChI is InChI=1S/C15H30N2O2.ClH/c1-4-7-14(2,16)13(18)17-12-15(10-11-19-3)8-5-6-9-15;/h4-12,16H2,1-3H3,(H,17,18);1H. The SMILES string of the molecule is CCCC(C)(N)C(=O)NCC1(CCOC)CCCC1.Cl. The van der Waals surface area contributed by atoms with E-state index in [0.29, 0.717) is 0 Å². The van der Waals surface area contributed by atoms with Crippen LogP contribution in [0.3, 0.4) is 0 Å². The number of hydrogen-bond donors (Lipinski definition) is 2. The van der Waals surface area contributed by atoms with Gasteiger partial charge >= 0.3 is 0 Å². The van der Waals surface area contributed by atoms with E-state index in [1.807, 2.05) is 6.92 Å². The Balaban J connectivity index is 0.00000361. The first kappa shape index (κ1) is 19.7. The van der Waals surface area contributed by atoms with E-state index < -0.39 is 5.54 Å². The van der Waals surface area contributed by atoms with Gasteiger partial charge in [-0.2, -0.15) is 0 Å². The van der Waals surface area contributed by atoms with Gasteiger partial charge < -0.3 is 15.8 Å². The summed E-state index contributed by atoms with van der Waals surface area (Å²) in [6.07, 6.45) is 7.57. The molecule has 1 atom stereocenters. The molecule has 0 saturated heterocycles. The Labute approximate surface area is 129 Å². The molecule has 0 aliphatic heterocycles. The Bertz CT molecular complexity index is 290. The fraction of sp³-hybridized carbons (Fsp3) is 0.933. The number of nitrogens with one attached hydrogen (secondary N) is 1. The van der Waals surface area contributed by atoms with Gasteiger partial charge in [0.05, 0.1) is 5.54 Å². The van der Waals surface area contributed by atoms with Crippen molar-refractivity contribution in [1.82, 2.24) is 5.32 Å². The molecule has 5 heteroatoms. The number of halogens is 1. The fourth-order valence-electron chi connectivity index (χ4n) is 3.06. The van der Waals surface area contributed by atoms with Crippen molar-refractivity contribution >= 4 is 18.3 Å². The third-order valence-corrected chi connectivity index (χ3v) is 4.41. The zero-order chi connectivity index (χ0) is 14.4. The summed E-state index contributed by atoms with van der Waals surface area (Å²) in [4.78, 5) is 12.2. The minimum absolute atomic E-state index is 0. The lowest BCUT2D eigenvalue weighted by Crippen LogP contribution is -2.53. The summed E-state index contributed by atoms with van der Waals surface area (Å²) < 4.78 is 5.20. The lowest BCUT2D eigenvalue weighted by molar-refractivity contribution is -0.126. The van der Waals surface area contributed by atoms with Gasteiger partial charge in [0.1, 0.15) is 0 Å². The summed E-state index contributed by atoms with van der Waals surface area (Å²) in [5, 5.41) is 3.08. The summed E-state index contributed by atoms with van der Waals surface area (Å²) in [5.74, 6) is -0.0157. The molecule has 4 nitrogen and oxygen atoms in total. The number of nitrogens with two attached hydrogens (primary N) is 1. The van der Waals surface area contributed by atoms with Crippen LogP contribution in [0.25, 0.3) is 0 Å². The minimum atomic E-state index is -0.740. The van der Waals surface area contributed by atoms with Crippen LogP contribution in [0.1, 0.15) is 58.8 Å². The van der Waals surface area contributed by atoms with Crippen molar-refractivity contribution in [2.24, 2.45) is 11.1 Å². The number of methoxy groups -OCH3 is 1. The van der Waals surface area contributed by atoms with Crippen LogP contribution in [-0.2, 0) is 9.53 Å². The topological polar surface area (TPSA) is 64.4 Å². The number of amides is 1. The molecular formula is C15H31ClN2O2. The van der Waals surface area contributed by atoms with Gasteiger partial charge in [-0.3, -0.25) is 4.79 Å². The smallest absolute Gasteiger partial charge is 0.239 e. The molecule has 1 aliphatic rings. The molecule has 1 rings (SSSR count). The van der Waals surface area contributed by atoms with Crippen molar-refractivity contribution in [1.29, 1.82) is 0 Å². The van der Waals surface area contributed by atoms with Gasteiger partial charge in [0.15, 0.2) is 0 Å². The third-order valence-electron chi connectivity index (χ3n) is 4.41. The second-order valence-electron chi connectivity index (χ2n) is 6.30. The van der Waals surface area contributed by atoms with E-state index in [-0.39, 0.29) is 23.7 Å². The second-order valence-corrected chi connectivity index (χ2v) is 6.30. The second kappa shape index (κ2) is 8.85. The summed E-state index contributed by atoms with van der Waals surface area (Å²) in [7, 11) is 1.74. The Kier molecular flexibility index (Phi) is 8.71. The van der Waals surface area contributed by atoms with E-state index in [4.69, 9.17) is 10.5 Å². The van der Waals surface area contributed by atoms with E-state index in [0.717, 1.165) is 32.4 Å². The molecule has 20 heavy (non-hydrogen) atoms. The van der Waals surface area contributed by atoms with E-state index in [2.05, 4.69) is 12.2 Å². The van der Waals surface area contributed by atoms with Gasteiger partial charge in [0.2, 0.25) is 5.91 Å². The first-order valence-electron chi connectivity index (χ1n) is 7.52. The van der Waals surface area contributed by atoms with Gasteiger partial charge in [0, 0.05) is 20.3 Å². The molecule has 0 radical (unpaired) electrons. The molecule has 1 fully saturated rings. The maximum atomic E-state index is 12.2. The van der Waals surface area contributed by atoms with Crippen molar-refractivity contribution < 1.29 is 9.53 Å². The number of hydrogen-bond acceptors (Lipinski definition) is 3. The molecule has 0 aromatic rings. The molecule has 1 saturated carbocycles. The lowest BCUT2D eigenvalue weighted by atomic mass is 9.82. The predicted octanol–water partition coefficient (Wildman–Crippen LogP) is 2.64. The summed E-state index contributed by atoms with van der Waals surface area (Å²) in [5.41, 5.74) is 5.55. The van der Waals surface area contributed by atoms with Crippen LogP contribution in [0.2, 0.25) is 0 Å². The highest BCUT2D eigenvalue weighted by Gasteiger charge is 2.35. The van der Waals surface area contributed by atoms with Gasteiger partial charge in [-0.1, -0.05) is 26.2 Å². The lowest BCUT2D eigenvalue weighted by Gasteiger charge is -2.31. The highest BCUT2D eigenvalue weighted by Crippen LogP contribution is 2.40. The third kappa shape index (κ3) is 5.58. The highest BCUT2D eigenvalue weighted by molar-refractivity contribution is 5.85. The molecule has 1 aliphatic carbocycles. The van der Waals surface area contributed by atoms with Crippen molar-refractivity contribution in [2.45, 2.75) is 64.3 Å². The monoisotopic (exact) mass is 306 g/mol. The van der Waals surface area contributed by atoms with E-state index in [9.17, 15) is 4.79 Å². The average Bonchev–Trinajstić information content (AvgIpc) is 2.83. The molecular weight excluding hydrogens is 276 g/mol. The summed E-state index contributed by atoms with van der Waals surface area (Å²) in [6, 6.07) is 0. The molecule has 0 spiro atoms.